The molecule has 0 aliphatic carbocycles. The van der Waals surface area contributed by atoms with E-state index < -0.39 is 0 Å². The third kappa shape index (κ3) is 1.32. The lowest BCUT2D eigenvalue weighted by Crippen LogP contribution is -2.09. The minimum Gasteiger partial charge on any atom is -0.341 e. The van der Waals surface area contributed by atoms with E-state index >= 15 is 0 Å². The fourth-order valence-corrected chi connectivity index (χ4v) is 3.07. The van der Waals surface area contributed by atoms with Crippen molar-refractivity contribution in [3.8, 4) is 0 Å². The third-order valence-corrected chi connectivity index (χ3v) is 4.00. The lowest BCUT2D eigenvalue weighted by atomic mass is 10.1. The highest BCUT2D eigenvalue weighted by Crippen LogP contribution is 2.25. The zero-order chi connectivity index (χ0) is 13.7. The number of nitrogens with one attached hydrogen (secondary N) is 1. The number of aromatic nitrogens is 2. The highest BCUT2D eigenvalue weighted by atomic mass is 15.0. The number of aryl methyl sites for hydroxylation is 1. The monoisotopic (exact) mass is 261 g/mol. The van der Waals surface area contributed by atoms with Crippen molar-refractivity contribution in [1.82, 2.24) is 9.55 Å². The molecule has 20 heavy (non-hydrogen) atoms. The van der Waals surface area contributed by atoms with Crippen LogP contribution in [0.15, 0.2) is 53.5 Å². The molecule has 4 rings (SSSR count). The summed E-state index contributed by atoms with van der Waals surface area (Å²) in [5, 5.41) is 4.68. The van der Waals surface area contributed by atoms with Crippen molar-refractivity contribution in [2.24, 2.45) is 12.0 Å². The fraction of sp³-hybridized carbons (Fsp3) is 0.118. The first kappa shape index (κ1) is 11.3. The van der Waals surface area contributed by atoms with Gasteiger partial charge in [0.25, 0.3) is 0 Å². The smallest absolute Gasteiger partial charge is 0.120 e. The maximum atomic E-state index is 4.56. The molecule has 0 saturated carbocycles. The average Bonchev–Trinajstić information content (AvgIpc) is 2.88. The Morgan fingerprint density at radius 1 is 0.950 bits per heavy atom. The number of hydrogen-bond acceptors (Lipinski definition) is 1. The molecule has 0 aliphatic heterocycles. The van der Waals surface area contributed by atoms with Gasteiger partial charge < -0.3 is 9.55 Å². The Morgan fingerprint density at radius 3 is 2.45 bits per heavy atom. The minimum atomic E-state index is 1.06. The number of H-pyrrole nitrogens is 1. The van der Waals surface area contributed by atoms with E-state index in [-0.39, 0.29) is 0 Å². The first-order valence-corrected chi connectivity index (χ1v) is 6.72. The van der Waals surface area contributed by atoms with Gasteiger partial charge >= 0.3 is 0 Å². The van der Waals surface area contributed by atoms with E-state index in [1.807, 2.05) is 7.05 Å². The van der Waals surface area contributed by atoms with Crippen LogP contribution >= 0.6 is 0 Å². The van der Waals surface area contributed by atoms with Crippen LogP contribution in [0.5, 0.6) is 0 Å². The summed E-state index contributed by atoms with van der Waals surface area (Å²) in [7, 11) is 3.96. The Balaban J connectivity index is 2.46. The van der Waals surface area contributed by atoms with Gasteiger partial charge in [-0.3, -0.25) is 4.99 Å². The van der Waals surface area contributed by atoms with Crippen LogP contribution in [0.2, 0.25) is 0 Å². The minimum absolute atomic E-state index is 1.06. The van der Waals surface area contributed by atoms with E-state index in [0.29, 0.717) is 0 Å². The Labute approximate surface area is 116 Å². The van der Waals surface area contributed by atoms with Crippen molar-refractivity contribution in [3.63, 3.8) is 0 Å². The maximum absolute atomic E-state index is 4.56. The summed E-state index contributed by atoms with van der Waals surface area (Å²) in [6.07, 6.45) is 0. The molecular weight excluding hydrogens is 246 g/mol. The van der Waals surface area contributed by atoms with Crippen LogP contribution in [-0.2, 0) is 7.05 Å². The lowest BCUT2D eigenvalue weighted by molar-refractivity contribution is 0.984. The summed E-state index contributed by atoms with van der Waals surface area (Å²) in [6, 6.07) is 16.8. The molecule has 1 N–H and O–H groups in total. The van der Waals surface area contributed by atoms with Gasteiger partial charge in [0.15, 0.2) is 0 Å². The van der Waals surface area contributed by atoms with Crippen molar-refractivity contribution >= 4 is 32.8 Å². The van der Waals surface area contributed by atoms with E-state index in [2.05, 4.69) is 70.1 Å². The quantitative estimate of drug-likeness (QED) is 0.503. The molecule has 0 aliphatic rings. The molecule has 2 aromatic carbocycles. The first-order valence-electron chi connectivity index (χ1n) is 6.72. The van der Waals surface area contributed by atoms with Crippen molar-refractivity contribution in [2.45, 2.75) is 0 Å². The summed E-state index contributed by atoms with van der Waals surface area (Å²) >= 11 is 0. The Kier molecular flexibility index (Phi) is 2.24. The predicted molar refractivity (Wildman–Crippen MR) is 83.8 cm³/mol. The molecule has 0 fully saturated rings. The van der Waals surface area contributed by atoms with Gasteiger partial charge in [0.2, 0.25) is 0 Å². The molecule has 98 valence electrons. The van der Waals surface area contributed by atoms with Gasteiger partial charge in [0, 0.05) is 30.4 Å². The van der Waals surface area contributed by atoms with Crippen LogP contribution < -0.4 is 5.36 Å². The van der Waals surface area contributed by atoms with Crippen molar-refractivity contribution in [3.05, 3.63) is 53.9 Å². The number of fused-ring (bicyclic) bond motifs is 4. The van der Waals surface area contributed by atoms with E-state index in [4.69, 9.17) is 0 Å². The largest absolute Gasteiger partial charge is 0.341 e. The van der Waals surface area contributed by atoms with Crippen LogP contribution in [0.1, 0.15) is 0 Å². The molecule has 0 amide bonds. The second kappa shape index (κ2) is 3.97. The average molecular weight is 261 g/mol. The number of hydrogen-bond donors (Lipinski definition) is 1. The summed E-state index contributed by atoms with van der Waals surface area (Å²) in [4.78, 5) is 8.07. The van der Waals surface area contributed by atoms with Gasteiger partial charge in [-0.15, -0.1) is 0 Å². The number of para-hydroxylation sites is 2. The summed E-state index contributed by atoms with van der Waals surface area (Å²) < 4.78 is 2.21. The summed E-state index contributed by atoms with van der Waals surface area (Å²) in [5.41, 5.74) is 3.45. The van der Waals surface area contributed by atoms with E-state index in [9.17, 15) is 0 Å². The third-order valence-electron chi connectivity index (χ3n) is 4.00. The lowest BCUT2D eigenvalue weighted by Gasteiger charge is -2.08. The molecule has 3 nitrogen and oxygen atoms in total. The number of rotatable bonds is 0. The Hall–Kier alpha value is -2.55. The van der Waals surface area contributed by atoms with Crippen LogP contribution in [0.25, 0.3) is 32.8 Å². The molecular formula is C17H15N3. The fourth-order valence-electron chi connectivity index (χ4n) is 3.07. The van der Waals surface area contributed by atoms with Crippen molar-refractivity contribution in [2.75, 3.05) is 7.05 Å². The molecule has 0 atom stereocenters. The van der Waals surface area contributed by atoms with Gasteiger partial charge in [-0.2, -0.15) is 0 Å². The topological polar surface area (TPSA) is 33.1 Å². The van der Waals surface area contributed by atoms with E-state index in [1.54, 1.807) is 0 Å². The molecule has 4 aromatic rings. The molecule has 0 radical (unpaired) electrons. The van der Waals surface area contributed by atoms with Crippen LogP contribution in [-0.4, -0.2) is 16.6 Å². The second-order valence-electron chi connectivity index (χ2n) is 5.04. The van der Waals surface area contributed by atoms with Gasteiger partial charge in [0.1, 0.15) is 5.65 Å². The number of aromatic amines is 1. The molecule has 0 saturated heterocycles. The zero-order valence-electron chi connectivity index (χ0n) is 11.5. The zero-order valence-corrected chi connectivity index (χ0v) is 11.5. The number of nitrogens with zero attached hydrogens (tertiary/aromatic N) is 2. The van der Waals surface area contributed by atoms with Crippen LogP contribution in [0, 0.1) is 0 Å². The van der Waals surface area contributed by atoms with Crippen molar-refractivity contribution < 1.29 is 0 Å². The van der Waals surface area contributed by atoms with Gasteiger partial charge in [-0.1, -0.05) is 36.4 Å². The molecule has 0 unspecified atom stereocenters. The highest BCUT2D eigenvalue weighted by Gasteiger charge is 2.11. The van der Waals surface area contributed by atoms with Crippen LogP contribution in [0.3, 0.4) is 0 Å². The number of pyridine rings is 1. The molecule has 0 spiro atoms. The summed E-state index contributed by atoms with van der Waals surface area (Å²) in [5.74, 6) is 0. The SMILES string of the molecule is CN=c1c2ccccc2n(C)c2[nH]c3ccccc3c12. The van der Waals surface area contributed by atoms with Crippen LogP contribution in [0.4, 0.5) is 0 Å². The normalized spacial score (nSPS) is 12.8. The van der Waals surface area contributed by atoms with E-state index in [1.165, 1.54) is 21.7 Å². The van der Waals surface area contributed by atoms with Gasteiger partial charge in [0.05, 0.1) is 16.3 Å². The van der Waals surface area contributed by atoms with Crippen molar-refractivity contribution in [1.29, 1.82) is 0 Å². The standard InChI is InChI=1S/C17H15N3/c1-18-16-12-8-4-6-10-14(12)20(2)17-15(16)11-7-3-5-9-13(11)19-17/h3-10,19H,1-2H3. The first-order chi connectivity index (χ1) is 9.81. The van der Waals surface area contributed by atoms with Gasteiger partial charge in [-0.05, 0) is 12.1 Å². The Morgan fingerprint density at radius 2 is 1.65 bits per heavy atom. The molecule has 2 aromatic heterocycles. The summed E-state index contributed by atoms with van der Waals surface area (Å²) in [6.45, 7) is 0. The molecule has 3 heteroatoms. The number of benzene rings is 2. The Bertz CT molecular complexity index is 1020. The highest BCUT2D eigenvalue weighted by molar-refractivity contribution is 6.09. The van der Waals surface area contributed by atoms with Gasteiger partial charge in [-0.25, -0.2) is 0 Å². The maximum Gasteiger partial charge on any atom is 0.120 e. The molecule has 0 bridgehead atoms. The van der Waals surface area contributed by atoms with E-state index in [0.717, 1.165) is 16.5 Å². The molecule has 2 heterocycles. The predicted octanol–water partition coefficient (Wildman–Crippen LogP) is 3.34. The second-order valence-corrected chi connectivity index (χ2v) is 5.04.